The zero-order chi connectivity index (χ0) is 22.4. The van der Waals surface area contributed by atoms with Crippen molar-refractivity contribution in [1.29, 1.82) is 0 Å². The summed E-state index contributed by atoms with van der Waals surface area (Å²) in [5.74, 6) is -0.541. The Hall–Kier alpha value is -4.06. The largest absolute Gasteiger partial charge is 0.507 e. The van der Waals surface area contributed by atoms with Crippen LogP contribution in [0.1, 0.15) is 28.3 Å². The molecule has 1 saturated heterocycles. The highest BCUT2D eigenvalue weighted by molar-refractivity contribution is 6.51. The first-order chi connectivity index (χ1) is 15.5. The van der Waals surface area contributed by atoms with E-state index in [9.17, 15) is 14.7 Å². The molecule has 6 nitrogen and oxygen atoms in total. The predicted octanol–water partition coefficient (Wildman–Crippen LogP) is 4.66. The number of aryl methyl sites for hydroxylation is 2. The van der Waals surface area contributed by atoms with Gasteiger partial charge >= 0.3 is 0 Å². The van der Waals surface area contributed by atoms with Crippen molar-refractivity contribution in [2.24, 2.45) is 0 Å². The van der Waals surface area contributed by atoms with Gasteiger partial charge in [-0.15, -0.1) is 0 Å². The van der Waals surface area contributed by atoms with Crippen LogP contribution in [0.5, 0.6) is 11.5 Å². The Bertz CT molecular complexity index is 1280. The highest BCUT2D eigenvalue weighted by atomic mass is 16.7. The lowest BCUT2D eigenvalue weighted by atomic mass is 9.94. The number of Topliss-reactive ketones (excluding diaryl/α,β-unsaturated/α-hetero) is 1. The van der Waals surface area contributed by atoms with Crippen LogP contribution in [-0.4, -0.2) is 23.6 Å². The lowest BCUT2D eigenvalue weighted by Gasteiger charge is -2.25. The molecular formula is C26H21NO5. The van der Waals surface area contributed by atoms with E-state index >= 15 is 0 Å². The first kappa shape index (κ1) is 19.9. The Labute approximate surface area is 185 Å². The van der Waals surface area contributed by atoms with E-state index in [4.69, 9.17) is 9.47 Å². The topological polar surface area (TPSA) is 76.1 Å². The molecule has 2 heterocycles. The molecule has 0 spiro atoms. The number of ether oxygens (including phenoxy) is 2. The van der Waals surface area contributed by atoms with Crippen molar-refractivity contribution in [3.8, 4) is 11.5 Å². The molecule has 32 heavy (non-hydrogen) atoms. The van der Waals surface area contributed by atoms with Crippen molar-refractivity contribution in [3.05, 3.63) is 94.6 Å². The van der Waals surface area contributed by atoms with Crippen LogP contribution in [0.2, 0.25) is 0 Å². The summed E-state index contributed by atoms with van der Waals surface area (Å²) in [7, 11) is 0. The van der Waals surface area contributed by atoms with Crippen LogP contribution in [0.3, 0.4) is 0 Å². The first-order valence-electron chi connectivity index (χ1n) is 10.3. The van der Waals surface area contributed by atoms with Gasteiger partial charge < -0.3 is 14.6 Å². The second-order valence-electron chi connectivity index (χ2n) is 7.92. The molecule has 2 aliphatic heterocycles. The van der Waals surface area contributed by atoms with Crippen LogP contribution in [0.4, 0.5) is 5.69 Å². The molecule has 0 saturated carbocycles. The molecule has 2 aliphatic rings. The Morgan fingerprint density at radius 3 is 2.41 bits per heavy atom. The maximum absolute atomic E-state index is 13.2. The molecule has 0 aromatic heterocycles. The van der Waals surface area contributed by atoms with Gasteiger partial charge in [-0.2, -0.15) is 0 Å². The molecule has 1 fully saturated rings. The monoisotopic (exact) mass is 427 g/mol. The van der Waals surface area contributed by atoms with Crippen molar-refractivity contribution >= 4 is 23.1 Å². The molecule has 0 aliphatic carbocycles. The molecule has 0 radical (unpaired) electrons. The maximum Gasteiger partial charge on any atom is 0.300 e. The number of amides is 1. The van der Waals surface area contributed by atoms with Crippen molar-refractivity contribution < 1.29 is 24.2 Å². The fourth-order valence-electron chi connectivity index (χ4n) is 4.13. The summed E-state index contributed by atoms with van der Waals surface area (Å²) in [5, 5.41) is 11.2. The van der Waals surface area contributed by atoms with Gasteiger partial charge in [0.05, 0.1) is 11.6 Å². The van der Waals surface area contributed by atoms with Crippen molar-refractivity contribution in [2.75, 3.05) is 11.7 Å². The number of aliphatic hydroxyl groups is 1. The number of carbonyl (C=O) groups is 2. The zero-order valence-electron chi connectivity index (χ0n) is 17.7. The van der Waals surface area contributed by atoms with Gasteiger partial charge in [-0.1, -0.05) is 42.5 Å². The van der Waals surface area contributed by atoms with Crippen LogP contribution in [0.15, 0.2) is 72.3 Å². The van der Waals surface area contributed by atoms with Gasteiger partial charge in [0.15, 0.2) is 11.5 Å². The summed E-state index contributed by atoms with van der Waals surface area (Å²) in [6.07, 6.45) is 0. The Kier molecular flexibility index (Phi) is 4.70. The van der Waals surface area contributed by atoms with Gasteiger partial charge in [-0.05, 0) is 48.7 Å². The molecule has 1 atom stereocenters. The molecule has 160 valence electrons. The highest BCUT2D eigenvalue weighted by Crippen LogP contribution is 2.44. The molecule has 0 bridgehead atoms. The maximum atomic E-state index is 13.2. The van der Waals surface area contributed by atoms with E-state index in [1.165, 1.54) is 4.90 Å². The minimum absolute atomic E-state index is 0.0575. The lowest BCUT2D eigenvalue weighted by molar-refractivity contribution is -0.132. The predicted molar refractivity (Wildman–Crippen MR) is 120 cm³/mol. The van der Waals surface area contributed by atoms with E-state index in [2.05, 4.69) is 0 Å². The lowest BCUT2D eigenvalue weighted by Crippen LogP contribution is -2.29. The fraction of sp³-hybridized carbons (Fsp3) is 0.154. The van der Waals surface area contributed by atoms with Crippen molar-refractivity contribution in [1.82, 2.24) is 0 Å². The van der Waals surface area contributed by atoms with Gasteiger partial charge in [0, 0.05) is 17.3 Å². The van der Waals surface area contributed by atoms with Crippen LogP contribution in [0.25, 0.3) is 5.76 Å². The van der Waals surface area contributed by atoms with Crippen molar-refractivity contribution in [2.45, 2.75) is 19.9 Å². The average molecular weight is 427 g/mol. The van der Waals surface area contributed by atoms with Crippen LogP contribution < -0.4 is 14.4 Å². The van der Waals surface area contributed by atoms with Crippen LogP contribution >= 0.6 is 0 Å². The Balaban J connectivity index is 1.70. The molecule has 1 amide bonds. The second-order valence-corrected chi connectivity index (χ2v) is 7.92. The van der Waals surface area contributed by atoms with Gasteiger partial charge in [-0.25, -0.2) is 0 Å². The normalized spacial score (nSPS) is 18.9. The van der Waals surface area contributed by atoms with E-state index in [0.717, 1.165) is 16.7 Å². The van der Waals surface area contributed by atoms with E-state index in [-0.39, 0.29) is 18.1 Å². The molecular weight excluding hydrogens is 406 g/mol. The summed E-state index contributed by atoms with van der Waals surface area (Å²) in [6.45, 7) is 4.01. The third-order valence-corrected chi connectivity index (χ3v) is 5.97. The van der Waals surface area contributed by atoms with Crippen LogP contribution in [0, 0.1) is 13.8 Å². The number of fused-ring (bicyclic) bond motifs is 1. The summed E-state index contributed by atoms with van der Waals surface area (Å²) in [4.78, 5) is 27.8. The SMILES string of the molecule is Cc1ccc(/C(O)=C2\C(=O)C(=O)N(c3ccc4c(c3)OCO4)C2c2ccccc2)cc1C. The van der Waals surface area contributed by atoms with E-state index < -0.39 is 17.7 Å². The average Bonchev–Trinajstić information content (AvgIpc) is 3.38. The third-order valence-electron chi connectivity index (χ3n) is 5.97. The van der Waals surface area contributed by atoms with Gasteiger partial charge in [0.25, 0.3) is 11.7 Å². The summed E-state index contributed by atoms with van der Waals surface area (Å²) in [6, 6.07) is 19.0. The quantitative estimate of drug-likeness (QED) is 0.374. The highest BCUT2D eigenvalue weighted by Gasteiger charge is 2.47. The van der Waals surface area contributed by atoms with Crippen molar-refractivity contribution in [3.63, 3.8) is 0 Å². The summed E-state index contributed by atoms with van der Waals surface area (Å²) < 4.78 is 10.8. The molecule has 5 rings (SSSR count). The summed E-state index contributed by atoms with van der Waals surface area (Å²) >= 11 is 0. The zero-order valence-corrected chi connectivity index (χ0v) is 17.7. The fourth-order valence-corrected chi connectivity index (χ4v) is 4.13. The van der Waals surface area contributed by atoms with Gasteiger partial charge in [0.1, 0.15) is 5.76 Å². The van der Waals surface area contributed by atoms with Gasteiger partial charge in [-0.3, -0.25) is 14.5 Å². The first-order valence-corrected chi connectivity index (χ1v) is 10.3. The minimum Gasteiger partial charge on any atom is -0.507 e. The standard InChI is InChI=1S/C26H21NO5/c1-15-8-9-18(12-16(15)2)24(28)22-23(17-6-4-3-5-7-17)27(26(30)25(22)29)19-10-11-20-21(13-19)32-14-31-20/h3-13,23,28H,14H2,1-2H3/b24-22+. The number of benzene rings is 3. The van der Waals surface area contributed by atoms with Crippen LogP contribution in [-0.2, 0) is 9.59 Å². The molecule has 3 aromatic carbocycles. The van der Waals surface area contributed by atoms with E-state index in [1.807, 2.05) is 56.3 Å². The summed E-state index contributed by atoms with van der Waals surface area (Å²) in [5.41, 5.74) is 3.82. The molecule has 1 unspecified atom stereocenters. The second kappa shape index (κ2) is 7.57. The van der Waals surface area contributed by atoms with E-state index in [1.54, 1.807) is 24.3 Å². The number of nitrogens with zero attached hydrogens (tertiary/aromatic N) is 1. The number of hydrogen-bond acceptors (Lipinski definition) is 5. The Morgan fingerprint density at radius 2 is 1.66 bits per heavy atom. The van der Waals surface area contributed by atoms with E-state index in [0.29, 0.717) is 22.7 Å². The molecule has 1 N–H and O–H groups in total. The number of rotatable bonds is 3. The minimum atomic E-state index is -0.779. The van der Waals surface area contributed by atoms with Gasteiger partial charge in [0.2, 0.25) is 6.79 Å². The third kappa shape index (κ3) is 3.12. The number of hydrogen-bond donors (Lipinski definition) is 1. The number of ketones is 1. The Morgan fingerprint density at radius 1 is 0.906 bits per heavy atom. The smallest absolute Gasteiger partial charge is 0.300 e. The molecule has 6 heteroatoms. The number of carbonyl (C=O) groups excluding carboxylic acids is 2. The number of aliphatic hydroxyl groups excluding tert-OH is 1. The molecule has 3 aromatic rings. The number of anilines is 1.